The molecule has 2 aromatic carbocycles. The predicted molar refractivity (Wildman–Crippen MR) is 97.2 cm³/mol. The fourth-order valence-electron chi connectivity index (χ4n) is 2.23. The largest absolute Gasteiger partial charge is 0.352 e. The van der Waals surface area contributed by atoms with Gasteiger partial charge in [0.1, 0.15) is 0 Å². The second-order valence-corrected chi connectivity index (χ2v) is 7.80. The van der Waals surface area contributed by atoms with E-state index in [0.29, 0.717) is 0 Å². The van der Waals surface area contributed by atoms with Crippen LogP contribution in [0.2, 0.25) is 0 Å². The monoisotopic (exact) mass is 343 g/mol. The zero-order valence-corrected chi connectivity index (χ0v) is 14.4. The molecule has 4 nitrogen and oxygen atoms in total. The van der Waals surface area contributed by atoms with Crippen molar-refractivity contribution in [3.63, 3.8) is 0 Å². The van der Waals surface area contributed by atoms with Gasteiger partial charge in [-0.3, -0.25) is 4.79 Å². The van der Waals surface area contributed by atoms with E-state index in [9.17, 15) is 13.2 Å². The van der Waals surface area contributed by atoms with Gasteiger partial charge in [0.25, 0.3) is 0 Å². The summed E-state index contributed by atoms with van der Waals surface area (Å²) in [5, 5.41) is 2.60. The Morgan fingerprint density at radius 3 is 2.54 bits per heavy atom. The minimum absolute atomic E-state index is 0.0111. The van der Waals surface area contributed by atoms with E-state index in [1.165, 1.54) is 6.08 Å². The summed E-state index contributed by atoms with van der Waals surface area (Å²) in [5.41, 5.74) is 2.80. The van der Waals surface area contributed by atoms with Crippen molar-refractivity contribution in [3.8, 4) is 0 Å². The first kappa shape index (κ1) is 17.9. The molecule has 0 aliphatic rings. The number of carbonyl (C=O) groups is 1. The highest BCUT2D eigenvalue weighted by atomic mass is 32.2. The van der Waals surface area contributed by atoms with Crippen LogP contribution in [-0.4, -0.2) is 26.6 Å². The minimum atomic E-state index is -3.24. The molecule has 0 atom stereocenters. The minimum Gasteiger partial charge on any atom is -0.352 e. The third-order valence-electron chi connectivity index (χ3n) is 3.41. The Kier molecular flexibility index (Phi) is 6.32. The van der Waals surface area contributed by atoms with Crippen molar-refractivity contribution in [1.82, 2.24) is 5.32 Å². The standard InChI is InChI=1S/C19H21NO3S/c1-16-6-5-9-17(14-16)10-11-19(21)20-12-13-24(22,23)15-18-7-3-2-4-8-18/h2-11,14H,12-13,15H2,1H3,(H,20,21)/b11-10+. The molecule has 0 spiro atoms. The first-order chi connectivity index (χ1) is 11.4. The van der Waals surface area contributed by atoms with Gasteiger partial charge in [0.15, 0.2) is 9.84 Å². The van der Waals surface area contributed by atoms with Gasteiger partial charge in [-0.25, -0.2) is 8.42 Å². The van der Waals surface area contributed by atoms with Gasteiger partial charge in [-0.15, -0.1) is 0 Å². The molecule has 0 bridgehead atoms. The molecule has 126 valence electrons. The molecule has 0 aromatic heterocycles. The molecule has 0 saturated heterocycles. The molecule has 0 saturated carbocycles. The van der Waals surface area contributed by atoms with Crippen molar-refractivity contribution in [2.45, 2.75) is 12.7 Å². The molecule has 0 aliphatic heterocycles. The number of benzene rings is 2. The van der Waals surface area contributed by atoms with Crippen LogP contribution in [0, 0.1) is 6.92 Å². The summed E-state index contributed by atoms with van der Waals surface area (Å²) < 4.78 is 24.1. The molecule has 1 N–H and O–H groups in total. The van der Waals surface area contributed by atoms with Crippen LogP contribution in [-0.2, 0) is 20.4 Å². The molecule has 2 aromatic rings. The predicted octanol–water partition coefficient (Wildman–Crippen LogP) is 2.74. The van der Waals surface area contributed by atoms with Crippen molar-refractivity contribution in [2.24, 2.45) is 0 Å². The topological polar surface area (TPSA) is 63.2 Å². The van der Waals surface area contributed by atoms with Gasteiger partial charge in [-0.2, -0.15) is 0 Å². The summed E-state index contributed by atoms with van der Waals surface area (Å²) in [6.45, 7) is 2.08. The van der Waals surface area contributed by atoms with E-state index >= 15 is 0 Å². The van der Waals surface area contributed by atoms with Crippen LogP contribution in [0.15, 0.2) is 60.7 Å². The summed E-state index contributed by atoms with van der Waals surface area (Å²) in [5.74, 6) is -0.388. The van der Waals surface area contributed by atoms with Crippen LogP contribution >= 0.6 is 0 Å². The van der Waals surface area contributed by atoms with Gasteiger partial charge < -0.3 is 5.32 Å². The fourth-order valence-corrected chi connectivity index (χ4v) is 3.49. The number of sulfone groups is 1. The number of rotatable bonds is 7. The zero-order chi connectivity index (χ0) is 17.4. The van der Waals surface area contributed by atoms with E-state index in [-0.39, 0.29) is 24.0 Å². The summed E-state index contributed by atoms with van der Waals surface area (Å²) in [6, 6.07) is 16.8. The molecule has 2 rings (SSSR count). The highest BCUT2D eigenvalue weighted by molar-refractivity contribution is 7.90. The quantitative estimate of drug-likeness (QED) is 0.786. The van der Waals surface area contributed by atoms with Crippen LogP contribution in [0.25, 0.3) is 6.08 Å². The molecule has 0 radical (unpaired) electrons. The van der Waals surface area contributed by atoms with Gasteiger partial charge in [-0.05, 0) is 24.1 Å². The van der Waals surface area contributed by atoms with Crippen molar-refractivity contribution in [3.05, 3.63) is 77.4 Å². The Morgan fingerprint density at radius 1 is 1.08 bits per heavy atom. The highest BCUT2D eigenvalue weighted by Gasteiger charge is 2.11. The van der Waals surface area contributed by atoms with Gasteiger partial charge >= 0.3 is 0 Å². The van der Waals surface area contributed by atoms with Crippen LogP contribution in [0.1, 0.15) is 16.7 Å². The van der Waals surface area contributed by atoms with E-state index < -0.39 is 9.84 Å². The smallest absolute Gasteiger partial charge is 0.244 e. The lowest BCUT2D eigenvalue weighted by Gasteiger charge is -2.05. The van der Waals surface area contributed by atoms with Crippen molar-refractivity contribution >= 4 is 21.8 Å². The summed E-state index contributed by atoms with van der Waals surface area (Å²) in [4.78, 5) is 11.8. The number of amides is 1. The maximum absolute atomic E-state index is 12.0. The number of aryl methyl sites for hydroxylation is 1. The van der Waals surface area contributed by atoms with Crippen LogP contribution in [0.4, 0.5) is 0 Å². The lowest BCUT2D eigenvalue weighted by molar-refractivity contribution is -0.116. The number of carbonyl (C=O) groups excluding carboxylic acids is 1. The fraction of sp³-hybridized carbons (Fsp3) is 0.211. The Balaban J connectivity index is 1.79. The van der Waals surface area contributed by atoms with E-state index in [2.05, 4.69) is 5.32 Å². The molecule has 0 heterocycles. The SMILES string of the molecule is Cc1cccc(/C=C/C(=O)NCCS(=O)(=O)Cc2ccccc2)c1. The Hall–Kier alpha value is -2.40. The van der Waals surface area contributed by atoms with Crippen LogP contribution < -0.4 is 5.32 Å². The third kappa shape index (κ3) is 6.38. The van der Waals surface area contributed by atoms with E-state index in [0.717, 1.165) is 16.7 Å². The Labute approximate surface area is 143 Å². The van der Waals surface area contributed by atoms with E-state index in [4.69, 9.17) is 0 Å². The third-order valence-corrected chi connectivity index (χ3v) is 5.01. The molecule has 0 aliphatic carbocycles. The van der Waals surface area contributed by atoms with Crippen LogP contribution in [0.5, 0.6) is 0 Å². The average molecular weight is 343 g/mol. The highest BCUT2D eigenvalue weighted by Crippen LogP contribution is 2.06. The number of hydrogen-bond acceptors (Lipinski definition) is 3. The van der Waals surface area contributed by atoms with Crippen molar-refractivity contribution in [1.29, 1.82) is 0 Å². The average Bonchev–Trinajstić information content (AvgIpc) is 2.53. The second-order valence-electron chi connectivity index (χ2n) is 5.62. The molecule has 24 heavy (non-hydrogen) atoms. The second kappa shape index (κ2) is 8.45. The first-order valence-corrected chi connectivity index (χ1v) is 9.54. The zero-order valence-electron chi connectivity index (χ0n) is 13.6. The molecule has 0 fully saturated rings. The summed E-state index contributed by atoms with van der Waals surface area (Å²) >= 11 is 0. The van der Waals surface area contributed by atoms with Gasteiger partial charge in [0.05, 0.1) is 11.5 Å². The first-order valence-electron chi connectivity index (χ1n) is 7.71. The van der Waals surface area contributed by atoms with Gasteiger partial charge in [0.2, 0.25) is 5.91 Å². The van der Waals surface area contributed by atoms with E-state index in [1.54, 1.807) is 18.2 Å². The molecule has 1 amide bonds. The Morgan fingerprint density at radius 2 is 1.83 bits per heavy atom. The van der Waals surface area contributed by atoms with E-state index in [1.807, 2.05) is 49.4 Å². The molecule has 0 unspecified atom stereocenters. The van der Waals surface area contributed by atoms with Crippen LogP contribution in [0.3, 0.4) is 0 Å². The lowest BCUT2D eigenvalue weighted by Crippen LogP contribution is -2.28. The summed E-state index contributed by atoms with van der Waals surface area (Å²) in [7, 11) is -3.24. The molecule has 5 heteroatoms. The normalized spacial score (nSPS) is 11.5. The van der Waals surface area contributed by atoms with Gasteiger partial charge in [0, 0.05) is 12.6 Å². The van der Waals surface area contributed by atoms with Crippen molar-refractivity contribution in [2.75, 3.05) is 12.3 Å². The maximum Gasteiger partial charge on any atom is 0.244 e. The number of hydrogen-bond donors (Lipinski definition) is 1. The Bertz CT molecular complexity index is 812. The summed E-state index contributed by atoms with van der Waals surface area (Å²) in [6.07, 6.45) is 3.12. The molecular weight excluding hydrogens is 322 g/mol. The van der Waals surface area contributed by atoms with Crippen molar-refractivity contribution < 1.29 is 13.2 Å². The lowest BCUT2D eigenvalue weighted by atomic mass is 10.1. The van der Waals surface area contributed by atoms with Gasteiger partial charge in [-0.1, -0.05) is 60.2 Å². The number of nitrogens with one attached hydrogen (secondary N) is 1. The molecular formula is C19H21NO3S. The maximum atomic E-state index is 12.0.